The van der Waals surface area contributed by atoms with Gasteiger partial charge in [0.05, 0.1) is 24.2 Å². The zero-order chi connectivity index (χ0) is 18.7. The van der Waals surface area contributed by atoms with Gasteiger partial charge in [0.25, 0.3) is 0 Å². The highest BCUT2D eigenvalue weighted by atomic mass is 32.2. The second kappa shape index (κ2) is 7.47. The molecule has 0 spiro atoms. The summed E-state index contributed by atoms with van der Waals surface area (Å²) in [6.07, 6.45) is 1.46. The number of sulfonamides is 1. The van der Waals surface area contributed by atoms with Gasteiger partial charge < -0.3 is 9.47 Å². The summed E-state index contributed by atoms with van der Waals surface area (Å²) in [6.45, 7) is 2.52. The number of fused-ring (bicyclic) bond motifs is 1. The van der Waals surface area contributed by atoms with Crippen LogP contribution in [0.1, 0.15) is 28.4 Å². The average Bonchev–Trinajstić information content (AvgIpc) is 3.08. The van der Waals surface area contributed by atoms with Gasteiger partial charge in [0.1, 0.15) is 5.75 Å². The lowest BCUT2D eigenvalue weighted by atomic mass is 10.0. The van der Waals surface area contributed by atoms with Crippen LogP contribution in [0.2, 0.25) is 0 Å². The maximum atomic E-state index is 12.5. The zero-order valence-corrected chi connectivity index (χ0v) is 15.5. The van der Waals surface area contributed by atoms with Crippen LogP contribution in [0.4, 0.5) is 0 Å². The smallest absolute Gasteiger partial charge is 0.337 e. The fourth-order valence-corrected chi connectivity index (χ4v) is 4.23. The number of rotatable bonds is 6. The van der Waals surface area contributed by atoms with E-state index < -0.39 is 16.0 Å². The van der Waals surface area contributed by atoms with Crippen molar-refractivity contribution in [3.8, 4) is 5.75 Å². The van der Waals surface area contributed by atoms with Gasteiger partial charge in [0, 0.05) is 12.5 Å². The molecule has 0 fully saturated rings. The molecule has 2 aromatic rings. The van der Waals surface area contributed by atoms with Crippen LogP contribution in [0.5, 0.6) is 5.75 Å². The highest BCUT2D eigenvalue weighted by Crippen LogP contribution is 2.26. The average molecular weight is 375 g/mol. The lowest BCUT2D eigenvalue weighted by Crippen LogP contribution is -2.34. The largest absolute Gasteiger partial charge is 0.493 e. The van der Waals surface area contributed by atoms with Crippen LogP contribution in [0.25, 0.3) is 0 Å². The van der Waals surface area contributed by atoms with Gasteiger partial charge in [-0.05, 0) is 54.8 Å². The molecule has 1 aliphatic heterocycles. The highest BCUT2D eigenvalue weighted by molar-refractivity contribution is 7.89. The maximum Gasteiger partial charge on any atom is 0.337 e. The van der Waals surface area contributed by atoms with E-state index in [1.807, 2.05) is 19.1 Å². The minimum Gasteiger partial charge on any atom is -0.493 e. The molecular formula is C19H21NO5S. The quantitative estimate of drug-likeness (QED) is 0.784. The number of esters is 1. The number of hydrogen-bond acceptors (Lipinski definition) is 5. The second-order valence-corrected chi connectivity index (χ2v) is 8.00. The van der Waals surface area contributed by atoms with Crippen LogP contribution in [-0.4, -0.2) is 34.1 Å². The third kappa shape index (κ3) is 4.05. The van der Waals surface area contributed by atoms with E-state index in [0.29, 0.717) is 18.6 Å². The molecule has 1 aliphatic rings. The number of nitrogens with one attached hydrogen (secondary N) is 1. The second-order valence-electron chi connectivity index (χ2n) is 6.28. The van der Waals surface area contributed by atoms with E-state index in [2.05, 4.69) is 15.5 Å². The van der Waals surface area contributed by atoms with Crippen LogP contribution in [0.3, 0.4) is 0 Å². The molecule has 0 saturated carbocycles. The maximum absolute atomic E-state index is 12.5. The number of carbonyl (C=O) groups excluding carboxylic acids is 1. The number of methoxy groups -OCH3 is 1. The van der Waals surface area contributed by atoms with Crippen molar-refractivity contribution in [3.63, 3.8) is 0 Å². The molecule has 2 aromatic carbocycles. The van der Waals surface area contributed by atoms with Crippen LogP contribution in [0, 0.1) is 0 Å². The zero-order valence-electron chi connectivity index (χ0n) is 14.7. The Morgan fingerprint density at radius 1 is 1.23 bits per heavy atom. The van der Waals surface area contributed by atoms with Crippen LogP contribution < -0.4 is 9.46 Å². The molecule has 0 aliphatic carbocycles. The molecule has 3 rings (SSSR count). The molecule has 0 radical (unpaired) electrons. The summed E-state index contributed by atoms with van der Waals surface area (Å²) in [4.78, 5) is 11.6. The molecule has 26 heavy (non-hydrogen) atoms. The van der Waals surface area contributed by atoms with Crippen LogP contribution in [0.15, 0.2) is 47.4 Å². The number of ether oxygens (including phenoxy) is 2. The third-order valence-corrected chi connectivity index (χ3v) is 5.84. The van der Waals surface area contributed by atoms with E-state index in [4.69, 9.17) is 4.74 Å². The Kier molecular flexibility index (Phi) is 5.29. The van der Waals surface area contributed by atoms with Gasteiger partial charge in [-0.2, -0.15) is 0 Å². The van der Waals surface area contributed by atoms with Gasteiger partial charge in [-0.3, -0.25) is 0 Å². The van der Waals surface area contributed by atoms with E-state index in [1.165, 1.54) is 31.4 Å². The summed E-state index contributed by atoms with van der Waals surface area (Å²) in [7, 11) is -2.39. The Morgan fingerprint density at radius 2 is 1.96 bits per heavy atom. The summed E-state index contributed by atoms with van der Waals surface area (Å²) < 4.78 is 37.8. The normalized spacial score (nSPS) is 14.4. The lowest BCUT2D eigenvalue weighted by Gasteiger charge is -2.15. The van der Waals surface area contributed by atoms with E-state index in [9.17, 15) is 13.2 Å². The first kappa shape index (κ1) is 18.4. The lowest BCUT2D eigenvalue weighted by molar-refractivity contribution is 0.0600. The van der Waals surface area contributed by atoms with Gasteiger partial charge in [0.15, 0.2) is 0 Å². The Hall–Kier alpha value is -2.38. The molecule has 0 saturated heterocycles. The first-order chi connectivity index (χ1) is 12.4. The van der Waals surface area contributed by atoms with Gasteiger partial charge in [-0.1, -0.05) is 12.1 Å². The molecule has 138 valence electrons. The monoisotopic (exact) mass is 375 g/mol. The van der Waals surface area contributed by atoms with Crippen molar-refractivity contribution in [2.75, 3.05) is 13.7 Å². The Morgan fingerprint density at radius 3 is 2.65 bits per heavy atom. The summed E-state index contributed by atoms with van der Waals surface area (Å²) in [5.74, 6) is 0.406. The third-order valence-electron chi connectivity index (χ3n) is 4.24. The molecule has 0 amide bonds. The molecule has 1 atom stereocenters. The summed E-state index contributed by atoms with van der Waals surface area (Å²) in [5.41, 5.74) is 2.53. The van der Waals surface area contributed by atoms with E-state index >= 15 is 0 Å². The minimum atomic E-state index is -3.67. The molecule has 7 heteroatoms. The van der Waals surface area contributed by atoms with E-state index in [-0.39, 0.29) is 10.9 Å². The molecular weight excluding hydrogens is 354 g/mol. The van der Waals surface area contributed by atoms with Crippen molar-refractivity contribution in [3.05, 3.63) is 59.2 Å². The van der Waals surface area contributed by atoms with Crippen molar-refractivity contribution in [2.24, 2.45) is 0 Å². The number of hydrogen-bond donors (Lipinski definition) is 1. The Labute approximate surface area is 153 Å². The van der Waals surface area contributed by atoms with Crippen molar-refractivity contribution in [1.29, 1.82) is 0 Å². The van der Waals surface area contributed by atoms with E-state index in [0.717, 1.165) is 23.3 Å². The van der Waals surface area contributed by atoms with Gasteiger partial charge >= 0.3 is 5.97 Å². The fraction of sp³-hybridized carbons (Fsp3) is 0.316. The fourth-order valence-electron chi connectivity index (χ4n) is 2.98. The Balaban J connectivity index is 1.67. The molecule has 0 aromatic heterocycles. The summed E-state index contributed by atoms with van der Waals surface area (Å²) in [5, 5.41) is 0. The molecule has 0 bridgehead atoms. The van der Waals surface area contributed by atoms with Crippen molar-refractivity contribution >= 4 is 16.0 Å². The SMILES string of the molecule is COC(=O)c1ccc(S(=O)(=O)NC(C)Cc2ccc3c(c2)CCO3)cc1. The van der Waals surface area contributed by atoms with Crippen molar-refractivity contribution in [2.45, 2.75) is 30.7 Å². The molecule has 1 unspecified atom stereocenters. The Bertz CT molecular complexity index is 906. The summed E-state index contributed by atoms with van der Waals surface area (Å²) >= 11 is 0. The first-order valence-corrected chi connectivity index (χ1v) is 9.82. The molecule has 1 N–H and O–H groups in total. The topological polar surface area (TPSA) is 81.7 Å². The minimum absolute atomic E-state index is 0.111. The highest BCUT2D eigenvalue weighted by Gasteiger charge is 2.19. The van der Waals surface area contributed by atoms with Crippen molar-refractivity contribution < 1.29 is 22.7 Å². The van der Waals surface area contributed by atoms with Gasteiger partial charge in [-0.15, -0.1) is 0 Å². The standard InChI is InChI=1S/C19H21NO5S/c1-13(11-14-3-8-18-16(12-14)9-10-25-18)20-26(22,23)17-6-4-15(5-7-17)19(21)24-2/h3-8,12-13,20H,9-11H2,1-2H3. The summed E-state index contributed by atoms with van der Waals surface area (Å²) in [6, 6.07) is 11.3. The van der Waals surface area contributed by atoms with Crippen LogP contribution >= 0.6 is 0 Å². The molecule has 6 nitrogen and oxygen atoms in total. The van der Waals surface area contributed by atoms with Gasteiger partial charge in [-0.25, -0.2) is 17.9 Å². The number of carbonyl (C=O) groups is 1. The van der Waals surface area contributed by atoms with E-state index in [1.54, 1.807) is 0 Å². The van der Waals surface area contributed by atoms with Gasteiger partial charge in [0.2, 0.25) is 10.0 Å². The van der Waals surface area contributed by atoms with Crippen molar-refractivity contribution in [1.82, 2.24) is 4.72 Å². The predicted molar refractivity (Wildman–Crippen MR) is 96.9 cm³/mol. The number of benzene rings is 2. The molecule has 1 heterocycles. The predicted octanol–water partition coefficient (Wildman–Crippen LogP) is 2.32. The van der Waals surface area contributed by atoms with Crippen LogP contribution in [-0.2, 0) is 27.6 Å². The first-order valence-electron chi connectivity index (χ1n) is 8.34.